The summed E-state index contributed by atoms with van der Waals surface area (Å²) in [5, 5.41) is 9.69. The number of benzene rings is 1. The van der Waals surface area contributed by atoms with Gasteiger partial charge in [-0.05, 0) is 23.6 Å². The van der Waals surface area contributed by atoms with Gasteiger partial charge in [0, 0.05) is 36.2 Å². The maximum atomic E-state index is 11.8. The summed E-state index contributed by atoms with van der Waals surface area (Å²) in [6, 6.07) is 5.00. The maximum Gasteiger partial charge on any atom is 0.211 e. The van der Waals surface area contributed by atoms with Crippen LogP contribution in [0.5, 0.6) is 5.75 Å². The van der Waals surface area contributed by atoms with Crippen LogP contribution in [0.2, 0.25) is 5.02 Å². The maximum absolute atomic E-state index is 11.8. The van der Waals surface area contributed by atoms with Gasteiger partial charge in [0.2, 0.25) is 16.2 Å². The highest BCUT2D eigenvalue weighted by atomic mass is 35.5. The number of thiazole rings is 1. The Hall–Kier alpha value is -2.19. The molecule has 0 aliphatic carbocycles. The molecule has 0 saturated carbocycles. The molecule has 168 valence electrons. The summed E-state index contributed by atoms with van der Waals surface area (Å²) < 4.78 is 32.1. The number of nitriles is 1. The molecule has 1 aromatic carbocycles. The van der Waals surface area contributed by atoms with Crippen molar-refractivity contribution in [3.05, 3.63) is 44.7 Å². The second kappa shape index (κ2) is 9.96. The highest BCUT2D eigenvalue weighted by Gasteiger charge is 2.19. The minimum atomic E-state index is -3.30. The summed E-state index contributed by atoms with van der Waals surface area (Å²) in [5.74, 6) is 0.646. The highest BCUT2D eigenvalue weighted by molar-refractivity contribution is 7.88. The van der Waals surface area contributed by atoms with Gasteiger partial charge in [-0.1, -0.05) is 32.4 Å². The van der Waals surface area contributed by atoms with Crippen LogP contribution in [0.3, 0.4) is 0 Å². The number of aromatic nitrogens is 1. The zero-order valence-electron chi connectivity index (χ0n) is 18.4. The normalized spacial score (nSPS) is 13.5. The molecule has 0 spiro atoms. The Bertz CT molecular complexity index is 1180. The van der Waals surface area contributed by atoms with Gasteiger partial charge in [-0.3, -0.25) is 0 Å². The number of nitrogens with zero attached hydrogens (tertiary/aromatic N) is 5. The van der Waals surface area contributed by atoms with Gasteiger partial charge in [0.15, 0.2) is 10.6 Å². The third-order valence-corrected chi connectivity index (χ3v) is 7.44. The van der Waals surface area contributed by atoms with Crippen molar-refractivity contribution in [3.63, 3.8) is 0 Å². The molecule has 0 fully saturated rings. The van der Waals surface area contributed by atoms with Crippen LogP contribution in [0.25, 0.3) is 0 Å². The molecule has 0 atom stereocenters. The monoisotopic (exact) mass is 483 g/mol. The lowest BCUT2D eigenvalue weighted by molar-refractivity contribution is 0.414. The second-order valence-corrected chi connectivity index (χ2v) is 11.4. The van der Waals surface area contributed by atoms with E-state index < -0.39 is 10.0 Å². The minimum Gasteiger partial charge on any atom is -0.496 e. The van der Waals surface area contributed by atoms with E-state index in [2.05, 4.69) is 30.8 Å². The van der Waals surface area contributed by atoms with Gasteiger partial charge in [0.1, 0.15) is 5.75 Å². The average Bonchev–Trinajstić information content (AvgIpc) is 3.08. The number of methoxy groups -OCH3 is 1. The molecular weight excluding hydrogens is 458 g/mol. The number of hydrogen-bond donors (Lipinski definition) is 0. The summed E-state index contributed by atoms with van der Waals surface area (Å²) in [4.78, 5) is 10.2. The Morgan fingerprint density at radius 1 is 1.39 bits per heavy atom. The average molecular weight is 484 g/mol. The summed E-state index contributed by atoms with van der Waals surface area (Å²) in [6.07, 6.45) is 4.91. The van der Waals surface area contributed by atoms with Crippen molar-refractivity contribution in [2.45, 2.75) is 32.7 Å². The fourth-order valence-electron chi connectivity index (χ4n) is 2.53. The fraction of sp³-hybridized carbons (Fsp3) is 0.450. The molecular formula is C20H26ClN5O3S2. The molecule has 0 bridgehead atoms. The second-order valence-electron chi connectivity index (χ2n) is 7.90. The molecule has 0 aliphatic heterocycles. The van der Waals surface area contributed by atoms with E-state index in [1.54, 1.807) is 24.4 Å². The van der Waals surface area contributed by atoms with E-state index in [4.69, 9.17) is 16.3 Å². The summed E-state index contributed by atoms with van der Waals surface area (Å²) in [5.41, 5.74) is 0.352. The van der Waals surface area contributed by atoms with E-state index in [-0.39, 0.29) is 17.8 Å². The van der Waals surface area contributed by atoms with E-state index in [0.29, 0.717) is 27.7 Å². The number of ether oxygens (including phenoxy) is 1. The van der Waals surface area contributed by atoms with Gasteiger partial charge in [-0.2, -0.15) is 15.2 Å². The fourth-order valence-corrected chi connectivity index (χ4v) is 4.19. The van der Waals surface area contributed by atoms with Gasteiger partial charge >= 0.3 is 0 Å². The van der Waals surface area contributed by atoms with Crippen LogP contribution >= 0.6 is 22.9 Å². The van der Waals surface area contributed by atoms with Crippen molar-refractivity contribution in [1.29, 1.82) is 5.26 Å². The molecule has 31 heavy (non-hydrogen) atoms. The molecule has 8 nitrogen and oxygen atoms in total. The first-order valence-corrected chi connectivity index (χ1v) is 12.4. The molecule has 2 aromatic rings. The largest absolute Gasteiger partial charge is 0.496 e. The number of sulfonamides is 1. The predicted octanol–water partition coefficient (Wildman–Crippen LogP) is 3.23. The zero-order chi connectivity index (χ0) is 23.4. The van der Waals surface area contributed by atoms with Crippen molar-refractivity contribution >= 4 is 38.8 Å². The number of rotatable bonds is 6. The molecule has 1 aromatic heterocycles. The van der Waals surface area contributed by atoms with Gasteiger partial charge in [-0.15, -0.1) is 11.3 Å². The number of hydrogen-bond acceptors (Lipinski definition) is 6. The summed E-state index contributed by atoms with van der Waals surface area (Å²) >= 11 is 7.60. The first kappa shape index (κ1) is 25.1. The van der Waals surface area contributed by atoms with Crippen LogP contribution in [0.1, 0.15) is 31.2 Å². The lowest BCUT2D eigenvalue weighted by atomic mass is 9.95. The molecule has 0 radical (unpaired) electrons. The number of likely N-dealkylation sites (N-methyl/N-ethyl adjacent to an activating group) is 1. The molecule has 0 N–H and O–H groups in total. The number of amidine groups is 1. The highest BCUT2D eigenvalue weighted by Crippen LogP contribution is 2.26. The summed E-state index contributed by atoms with van der Waals surface area (Å²) in [6.45, 7) is 6.92. The van der Waals surface area contributed by atoms with Gasteiger partial charge in [0.25, 0.3) is 0 Å². The topological polar surface area (TPSA) is 100 Å². The van der Waals surface area contributed by atoms with Crippen molar-refractivity contribution in [1.82, 2.24) is 8.87 Å². The quantitative estimate of drug-likeness (QED) is 0.357. The van der Waals surface area contributed by atoms with Gasteiger partial charge in [-0.25, -0.2) is 12.7 Å². The van der Waals surface area contributed by atoms with Crippen LogP contribution in [-0.2, 0) is 22.0 Å². The zero-order valence-corrected chi connectivity index (χ0v) is 20.8. The molecule has 0 saturated heterocycles. The number of aliphatic imine (C=N–C) groups is 1. The molecule has 0 amide bonds. The van der Waals surface area contributed by atoms with Crippen molar-refractivity contribution < 1.29 is 13.2 Å². The third kappa shape index (κ3) is 6.64. The lowest BCUT2D eigenvalue weighted by Gasteiger charge is -2.15. The Labute approximate surface area is 192 Å². The van der Waals surface area contributed by atoms with Crippen molar-refractivity contribution in [3.8, 4) is 11.9 Å². The van der Waals surface area contributed by atoms with Crippen LogP contribution in [-0.4, -0.2) is 50.1 Å². The van der Waals surface area contributed by atoms with E-state index >= 15 is 0 Å². The number of halogens is 1. The van der Waals surface area contributed by atoms with E-state index in [9.17, 15) is 13.7 Å². The first-order valence-electron chi connectivity index (χ1n) is 9.34. The Balaban J connectivity index is 2.63. The Kier molecular flexibility index (Phi) is 8.05. The van der Waals surface area contributed by atoms with E-state index in [1.807, 2.05) is 10.8 Å². The van der Waals surface area contributed by atoms with Crippen LogP contribution in [0.15, 0.2) is 34.4 Å². The van der Waals surface area contributed by atoms with Crippen LogP contribution < -0.4 is 9.54 Å². The lowest BCUT2D eigenvalue weighted by Crippen LogP contribution is -2.31. The molecule has 0 unspecified atom stereocenters. The minimum absolute atomic E-state index is 0.136. The van der Waals surface area contributed by atoms with Gasteiger partial charge < -0.3 is 9.30 Å². The third-order valence-electron chi connectivity index (χ3n) is 4.44. The molecule has 0 aliphatic rings. The SMILES string of the molecule is COc1ccc(Cl)cc1C(/N=c1\sc(C(C)(C)C)cn1CCN(C)S(C)(=O)=O)=N\C#N. The van der Waals surface area contributed by atoms with E-state index in [0.717, 1.165) is 4.88 Å². The van der Waals surface area contributed by atoms with Gasteiger partial charge in [0.05, 0.1) is 18.9 Å². The molecule has 1 heterocycles. The van der Waals surface area contributed by atoms with Crippen LogP contribution in [0.4, 0.5) is 0 Å². The molecule has 11 heteroatoms. The smallest absolute Gasteiger partial charge is 0.211 e. The van der Waals surface area contributed by atoms with E-state index in [1.165, 1.54) is 36.1 Å². The Morgan fingerprint density at radius 2 is 2.06 bits per heavy atom. The van der Waals surface area contributed by atoms with Crippen LogP contribution in [0, 0.1) is 11.5 Å². The first-order chi connectivity index (χ1) is 14.4. The Morgan fingerprint density at radius 3 is 2.61 bits per heavy atom. The standard InChI is InChI=1S/C20H26ClN5O3S2/c1-20(2,3)17-12-26(10-9-25(4)31(6,27)28)19(30-17)24-18(23-13-22)15-11-14(21)7-8-16(15)29-5/h7-8,11-12H,9-10H2,1-6H3/b23-18+,24-19-. The van der Waals surface area contributed by atoms with Crippen molar-refractivity contribution in [2.75, 3.05) is 27.0 Å². The molecule has 2 rings (SSSR count). The summed E-state index contributed by atoms with van der Waals surface area (Å²) in [7, 11) is -0.255. The predicted molar refractivity (Wildman–Crippen MR) is 124 cm³/mol. The van der Waals surface area contributed by atoms with Crippen molar-refractivity contribution in [2.24, 2.45) is 9.98 Å².